The number of carboxylic acids is 3. The smallest absolute Gasteiger partial charge is 0.481 e. The zero-order valence-electron chi connectivity index (χ0n) is 32.6. The van der Waals surface area contributed by atoms with Crippen LogP contribution in [-0.4, -0.2) is 133 Å². The van der Waals surface area contributed by atoms with Gasteiger partial charge in [-0.2, -0.15) is 8.62 Å². The Bertz CT molecular complexity index is 1970. The van der Waals surface area contributed by atoms with Crippen molar-refractivity contribution in [3.05, 3.63) is 47.6 Å². The Labute approximate surface area is 362 Å². The fourth-order valence-corrected chi connectivity index (χ4v) is 10.3. The largest absolute Gasteiger partial charge is 0.490 e. The second kappa shape index (κ2) is 26.9. The van der Waals surface area contributed by atoms with Gasteiger partial charge in [0.2, 0.25) is 17.7 Å². The van der Waals surface area contributed by atoms with E-state index in [2.05, 4.69) is 40.1 Å². The highest BCUT2D eigenvalue weighted by Crippen LogP contribution is 2.67. The van der Waals surface area contributed by atoms with Gasteiger partial charge in [-0.05, 0) is 30.6 Å². The molecule has 3 amide bonds. The highest BCUT2D eigenvalue weighted by molar-refractivity contribution is 8.76. The normalized spacial score (nSPS) is 22.4. The Balaban J connectivity index is 1.69. The molecule has 0 saturated carbocycles. The molecule has 0 aromatic rings. The van der Waals surface area contributed by atoms with Gasteiger partial charge in [-0.3, -0.25) is 33.0 Å². The zero-order valence-corrected chi connectivity index (χ0v) is 36.9. The molecule has 1 aliphatic carbocycles. The van der Waals surface area contributed by atoms with Gasteiger partial charge in [-0.1, -0.05) is 57.7 Å². The van der Waals surface area contributed by atoms with Gasteiger partial charge in [0.15, 0.2) is 0 Å². The van der Waals surface area contributed by atoms with Crippen molar-refractivity contribution in [3.8, 4) is 11.8 Å². The number of nitrogens with one attached hydrogen (secondary N) is 3. The Hall–Kier alpha value is -3.63. The summed E-state index contributed by atoms with van der Waals surface area (Å²) in [4.78, 5) is 98.7. The number of phosphoric ester groups is 2. The molecule has 2 aliphatic rings. The van der Waals surface area contributed by atoms with Crippen LogP contribution < -0.4 is 16.0 Å². The molecule has 10 N–H and O–H groups in total. The summed E-state index contributed by atoms with van der Waals surface area (Å²) in [6.07, 6.45) is 6.33. The first-order valence-electron chi connectivity index (χ1n) is 18.0. The maximum absolute atomic E-state index is 12.4. The second-order valence-electron chi connectivity index (χ2n) is 12.7. The molecule has 8 atom stereocenters. The maximum atomic E-state index is 12.4. The van der Waals surface area contributed by atoms with E-state index in [0.29, 0.717) is 42.6 Å². The predicted octanol–water partition coefficient (Wildman–Crippen LogP) is 1.55. The van der Waals surface area contributed by atoms with Crippen molar-refractivity contribution < 1.29 is 100.0 Å². The lowest BCUT2D eigenvalue weighted by Crippen LogP contribution is -2.52. The third-order valence-electron chi connectivity index (χ3n) is 7.78. The van der Waals surface area contributed by atoms with Crippen molar-refractivity contribution in [2.24, 2.45) is 0 Å². The van der Waals surface area contributed by atoms with E-state index in [1.807, 2.05) is 5.32 Å². The van der Waals surface area contributed by atoms with Crippen molar-refractivity contribution in [2.45, 2.75) is 75.3 Å². The Morgan fingerprint density at radius 1 is 0.839 bits per heavy atom. The van der Waals surface area contributed by atoms with Gasteiger partial charge in [0.25, 0.3) is 0 Å². The summed E-state index contributed by atoms with van der Waals surface area (Å²) in [7, 11) is -12.5. The van der Waals surface area contributed by atoms with Crippen LogP contribution in [0.15, 0.2) is 47.6 Å². The van der Waals surface area contributed by atoms with Crippen LogP contribution in [0.2, 0.25) is 0 Å². The molecule has 346 valence electrons. The summed E-state index contributed by atoms with van der Waals surface area (Å²) in [5, 5.41) is 44.3. The first-order chi connectivity index (χ1) is 29.0. The van der Waals surface area contributed by atoms with Crippen molar-refractivity contribution >= 4 is 80.7 Å². The maximum Gasteiger partial charge on any atom is 0.490 e. The van der Waals surface area contributed by atoms with Gasteiger partial charge < -0.3 is 55.8 Å². The number of carbonyl (C=O) groups excluding carboxylic acids is 3. The average molecular weight is 978 g/mol. The number of unbranched alkanes of at least 4 members (excludes halogenated alkanes) is 1. The molecular weight excluding hydrogens is 931 g/mol. The third-order valence-corrected chi connectivity index (χ3v) is 14.5. The highest BCUT2D eigenvalue weighted by Gasteiger charge is 2.43. The number of phosphoric acid groups is 3. The minimum Gasteiger partial charge on any atom is -0.481 e. The van der Waals surface area contributed by atoms with Gasteiger partial charge in [-0.25, -0.2) is 18.5 Å². The number of ether oxygens (including phenoxy) is 1. The molecule has 1 saturated heterocycles. The number of rotatable bonds is 27. The van der Waals surface area contributed by atoms with Crippen LogP contribution in [0, 0.1) is 11.8 Å². The van der Waals surface area contributed by atoms with Crippen LogP contribution in [0.3, 0.4) is 0 Å². The van der Waals surface area contributed by atoms with E-state index in [1.54, 1.807) is 36.5 Å². The molecule has 29 heteroatoms. The summed E-state index contributed by atoms with van der Waals surface area (Å²) in [6.45, 7) is -0.731. The van der Waals surface area contributed by atoms with Gasteiger partial charge in [-0.15, -0.1) is 0 Å². The topological polar surface area (TPSA) is 377 Å². The van der Waals surface area contributed by atoms with Crippen LogP contribution in [0.1, 0.15) is 44.9 Å². The molecule has 0 aromatic carbocycles. The molecule has 6 unspecified atom stereocenters. The van der Waals surface area contributed by atoms with Crippen LogP contribution in [0.25, 0.3) is 0 Å². The summed E-state index contributed by atoms with van der Waals surface area (Å²) >= 11 is 0. The zero-order chi connectivity index (χ0) is 46.5. The van der Waals surface area contributed by atoms with Gasteiger partial charge in [0, 0.05) is 43.5 Å². The quantitative estimate of drug-likeness (QED) is 0.0241. The number of hydrogen-bond donors (Lipinski definition) is 10. The standard InChI is InChI=1S/C33H46N3O21P3S2/c1-53-58(47,48)56-60(51,52)57-59(49,50)54-20-27-25(37)19-26(55-27)22-9-3-2-7-21(11-12-22)8-6-14-34-28(38)13-16-62-61-15-5-4-10-29(39)35-23(17-30(40)41)32(44)36-24(33(45)46)18-31(42)43/h2-3,7,9,11-12,23-27,37H,4-5,10,13-20H2,1H3,(H,34,38)(H,35,39)(H,36,44)(H,40,41)(H,42,43)(H,45,46)(H,47,48)(H,49,50)(H,51,52)/b3-2-,7-2?,9-3?,12-11?,21-7-,21-11?,22-9?,22-12?/t23?,24?,25?,26-,27-/m1/s1. The molecule has 0 aromatic heterocycles. The van der Waals surface area contributed by atoms with Gasteiger partial charge in [0.05, 0.1) is 38.2 Å². The Kier molecular flexibility index (Phi) is 23.6. The van der Waals surface area contributed by atoms with Crippen molar-refractivity contribution in [1.29, 1.82) is 0 Å². The first kappa shape index (κ1) is 54.5. The summed E-state index contributed by atoms with van der Waals surface area (Å²) in [5.74, 6) is 0.230. The van der Waals surface area contributed by atoms with Crippen LogP contribution >= 0.6 is 45.1 Å². The Morgan fingerprint density at radius 2 is 1.48 bits per heavy atom. The van der Waals surface area contributed by atoms with Gasteiger partial charge in [0.1, 0.15) is 18.2 Å². The van der Waals surface area contributed by atoms with Crippen LogP contribution in [-0.2, 0) is 64.9 Å². The molecule has 0 spiro atoms. The van der Waals surface area contributed by atoms with E-state index in [1.165, 1.54) is 21.6 Å². The molecule has 24 nitrogen and oxygen atoms in total. The third kappa shape index (κ3) is 22.6. The molecule has 1 aliphatic heterocycles. The monoisotopic (exact) mass is 977 g/mol. The molecule has 2 rings (SSSR count). The lowest BCUT2D eigenvalue weighted by atomic mass is 10.0. The molecule has 62 heavy (non-hydrogen) atoms. The van der Waals surface area contributed by atoms with Crippen molar-refractivity contribution in [1.82, 2.24) is 16.0 Å². The van der Waals surface area contributed by atoms with Crippen LogP contribution in [0.4, 0.5) is 0 Å². The Morgan fingerprint density at radius 3 is 2.15 bits per heavy atom. The number of allylic oxidation sites excluding steroid dienone is 6. The van der Waals surface area contributed by atoms with E-state index in [4.69, 9.17) is 24.9 Å². The lowest BCUT2D eigenvalue weighted by Gasteiger charge is -2.20. The number of aliphatic hydroxyl groups is 1. The summed E-state index contributed by atoms with van der Waals surface area (Å²) < 4.78 is 57.5. The number of aliphatic carboxylic acids is 3. The van der Waals surface area contributed by atoms with Gasteiger partial charge >= 0.3 is 41.4 Å². The lowest BCUT2D eigenvalue weighted by molar-refractivity contribution is -0.148. The van der Waals surface area contributed by atoms with E-state index in [-0.39, 0.29) is 31.7 Å². The van der Waals surface area contributed by atoms with E-state index >= 15 is 0 Å². The number of hydrogen-bond acceptors (Lipinski definition) is 17. The summed E-state index contributed by atoms with van der Waals surface area (Å²) in [5.41, 5.74) is 1.14. The molecular formula is C33H46N3O21P3S2. The van der Waals surface area contributed by atoms with Crippen LogP contribution in [0.5, 0.6) is 0 Å². The molecule has 1 fully saturated rings. The SMILES string of the molecule is COP(=O)(O)OP(=O)(O)OP(=O)(O)OC[C@H]1O[C@@H](C2=C/C=C\C=C(\C#CCNC(=O)CCSSCCCCC(=O)NC(CC(=O)O)C(=O)NC(CC(=O)O)C(=O)O)C=C2)CC1O. The number of aliphatic hydroxyl groups excluding tert-OH is 1. The minimum absolute atomic E-state index is 0.0331. The average Bonchev–Trinajstić information content (AvgIpc) is 3.52. The highest BCUT2D eigenvalue weighted by atomic mass is 33.1. The van der Waals surface area contributed by atoms with E-state index in [9.17, 15) is 57.4 Å². The van der Waals surface area contributed by atoms with E-state index < -0.39 is 103 Å². The fourth-order valence-electron chi connectivity index (χ4n) is 4.89. The number of amides is 3. The molecule has 1 heterocycles. The first-order valence-corrected chi connectivity index (χ1v) is 25.0. The summed E-state index contributed by atoms with van der Waals surface area (Å²) in [6, 6.07) is -3.43. The van der Waals surface area contributed by atoms with Crippen molar-refractivity contribution in [2.75, 3.05) is 31.8 Å². The number of carbonyl (C=O) groups is 6. The molecule has 0 bridgehead atoms. The predicted molar refractivity (Wildman–Crippen MR) is 219 cm³/mol. The molecule has 0 radical (unpaired) electrons. The van der Waals surface area contributed by atoms with Crippen molar-refractivity contribution in [3.63, 3.8) is 0 Å². The minimum atomic E-state index is -5.61. The van der Waals surface area contributed by atoms with E-state index in [0.717, 1.165) is 0 Å². The number of carboxylic acid groups (broad SMARTS) is 3. The fraction of sp³-hybridized carbons (Fsp3) is 0.515. The second-order valence-corrected chi connectivity index (χ2v) is 20.1.